The second-order valence-electron chi connectivity index (χ2n) is 9.84. The Morgan fingerprint density at radius 2 is 1.65 bits per heavy atom. The van der Waals surface area contributed by atoms with Gasteiger partial charge in [0.1, 0.15) is 17.2 Å². The van der Waals surface area contributed by atoms with Crippen LogP contribution in [0.4, 0.5) is 15.9 Å². The average Bonchev–Trinajstić information content (AvgIpc) is 3.72. The molecule has 0 spiro atoms. The van der Waals surface area contributed by atoms with E-state index in [1.54, 1.807) is 18.2 Å². The van der Waals surface area contributed by atoms with E-state index in [0.29, 0.717) is 47.1 Å². The first-order chi connectivity index (χ1) is 19.4. The number of rotatable bonds is 8. The van der Waals surface area contributed by atoms with Crippen LogP contribution < -0.4 is 10.1 Å². The molecular formula is C32H26FN3O4. The number of para-hydroxylation sites is 1. The highest BCUT2D eigenvalue weighted by atomic mass is 19.1. The van der Waals surface area contributed by atoms with Crippen LogP contribution in [0.25, 0.3) is 33.7 Å². The van der Waals surface area contributed by atoms with E-state index >= 15 is 0 Å². The van der Waals surface area contributed by atoms with Crippen molar-refractivity contribution in [2.45, 2.75) is 25.2 Å². The van der Waals surface area contributed by atoms with Gasteiger partial charge in [-0.25, -0.2) is 9.37 Å². The molecule has 0 bridgehead atoms. The number of benzene rings is 3. The number of hydrogen-bond donors (Lipinski definition) is 2. The second kappa shape index (κ2) is 9.96. The summed E-state index contributed by atoms with van der Waals surface area (Å²) >= 11 is 0. The summed E-state index contributed by atoms with van der Waals surface area (Å²) in [6, 6.07) is 25.7. The maximum absolute atomic E-state index is 14.3. The number of methoxy groups -OCH3 is 1. The van der Waals surface area contributed by atoms with Crippen LogP contribution in [0.15, 0.2) is 89.5 Å². The fourth-order valence-corrected chi connectivity index (χ4v) is 5.05. The number of carbonyl (C=O) groups is 1. The number of aryl methyl sites for hydroxylation is 1. The van der Waals surface area contributed by atoms with Gasteiger partial charge >= 0.3 is 5.97 Å². The number of halogens is 1. The molecule has 8 heteroatoms. The minimum atomic E-state index is -0.776. The van der Waals surface area contributed by atoms with E-state index in [4.69, 9.17) is 14.2 Å². The summed E-state index contributed by atoms with van der Waals surface area (Å²) in [4.78, 5) is 16.5. The van der Waals surface area contributed by atoms with Crippen molar-refractivity contribution in [1.29, 1.82) is 0 Å². The fourth-order valence-electron chi connectivity index (χ4n) is 5.05. The maximum atomic E-state index is 14.3. The third kappa shape index (κ3) is 4.37. The molecule has 1 saturated carbocycles. The summed E-state index contributed by atoms with van der Waals surface area (Å²) in [7, 11) is 1.43. The number of anilines is 2. The molecule has 2 aromatic heterocycles. The zero-order valence-electron chi connectivity index (χ0n) is 21.9. The number of carboxylic acids is 1. The molecule has 0 saturated heterocycles. The summed E-state index contributed by atoms with van der Waals surface area (Å²) in [5.74, 6) is -0.0392. The van der Waals surface area contributed by atoms with E-state index in [0.717, 1.165) is 22.3 Å². The van der Waals surface area contributed by atoms with Crippen LogP contribution in [0.2, 0.25) is 0 Å². The van der Waals surface area contributed by atoms with Crippen LogP contribution in [-0.2, 0) is 10.2 Å². The van der Waals surface area contributed by atoms with Crippen molar-refractivity contribution in [1.82, 2.24) is 10.1 Å². The van der Waals surface area contributed by atoms with Crippen LogP contribution in [0, 0.1) is 12.7 Å². The Hall–Kier alpha value is -4.98. The Morgan fingerprint density at radius 1 is 0.950 bits per heavy atom. The molecule has 0 amide bonds. The van der Waals surface area contributed by atoms with Crippen LogP contribution in [0.3, 0.4) is 0 Å². The molecule has 3 aromatic carbocycles. The van der Waals surface area contributed by atoms with E-state index < -0.39 is 17.2 Å². The molecule has 1 aliphatic carbocycles. The number of aromatic nitrogens is 2. The molecule has 0 radical (unpaired) electrons. The van der Waals surface area contributed by atoms with Crippen LogP contribution in [0.1, 0.15) is 24.1 Å². The van der Waals surface area contributed by atoms with Gasteiger partial charge < -0.3 is 19.7 Å². The Labute approximate surface area is 230 Å². The van der Waals surface area contributed by atoms with Crippen molar-refractivity contribution in [3.05, 3.63) is 102 Å². The standard InChI is InChI=1S/C32H26FN3O4/c1-19-28(35-27-12-6-11-26(34-27)24-9-5-10-25(33)29(24)39-2)30(40-36-19)23-8-4-3-7-22(23)20-13-15-21(16-14-20)32(17-18-32)31(37)38/h3-16H,17-18H2,1-2H3,(H,34,35)(H,37,38). The average molecular weight is 536 g/mol. The lowest BCUT2D eigenvalue weighted by molar-refractivity contribution is -0.140. The normalized spacial score (nSPS) is 13.6. The highest BCUT2D eigenvalue weighted by Gasteiger charge is 2.51. The molecule has 0 atom stereocenters. The van der Waals surface area contributed by atoms with Gasteiger partial charge in [0.05, 0.1) is 18.2 Å². The maximum Gasteiger partial charge on any atom is 0.314 e. The van der Waals surface area contributed by atoms with E-state index in [2.05, 4.69) is 10.5 Å². The lowest BCUT2D eigenvalue weighted by Gasteiger charge is -2.14. The zero-order valence-corrected chi connectivity index (χ0v) is 21.9. The van der Waals surface area contributed by atoms with Crippen molar-refractivity contribution < 1.29 is 23.6 Å². The molecule has 40 heavy (non-hydrogen) atoms. The van der Waals surface area contributed by atoms with E-state index in [1.165, 1.54) is 13.2 Å². The van der Waals surface area contributed by atoms with Gasteiger partial charge in [0.15, 0.2) is 17.3 Å². The summed E-state index contributed by atoms with van der Waals surface area (Å²) in [5.41, 5.74) is 5.12. The van der Waals surface area contributed by atoms with Crippen LogP contribution in [-0.4, -0.2) is 28.3 Å². The largest absolute Gasteiger partial charge is 0.493 e. The summed E-state index contributed by atoms with van der Waals surface area (Å²) < 4.78 is 25.4. The van der Waals surface area contributed by atoms with Gasteiger partial charge in [0, 0.05) is 11.1 Å². The minimum absolute atomic E-state index is 0.130. The minimum Gasteiger partial charge on any atom is -0.493 e. The topological polar surface area (TPSA) is 97.5 Å². The van der Waals surface area contributed by atoms with E-state index in [-0.39, 0.29) is 5.75 Å². The summed E-state index contributed by atoms with van der Waals surface area (Å²) in [5, 5.41) is 17.2. The van der Waals surface area contributed by atoms with Crippen molar-refractivity contribution in [3.8, 4) is 39.5 Å². The zero-order chi connectivity index (χ0) is 27.9. The SMILES string of the molecule is COc1c(F)cccc1-c1cccc(Nc2c(C)noc2-c2ccccc2-c2ccc(C3(C(=O)O)CC3)cc2)n1. The predicted molar refractivity (Wildman–Crippen MR) is 150 cm³/mol. The van der Waals surface area contributed by atoms with Gasteiger partial charge in [0.2, 0.25) is 0 Å². The Balaban J connectivity index is 1.35. The third-order valence-corrected chi connectivity index (χ3v) is 7.39. The number of pyridine rings is 1. The molecular weight excluding hydrogens is 509 g/mol. The number of ether oxygens (including phenoxy) is 1. The first kappa shape index (κ1) is 25.3. The van der Waals surface area contributed by atoms with Gasteiger partial charge in [0.25, 0.3) is 0 Å². The summed E-state index contributed by atoms with van der Waals surface area (Å²) in [6.45, 7) is 1.84. The first-order valence-corrected chi connectivity index (χ1v) is 12.9. The highest BCUT2D eigenvalue weighted by Crippen LogP contribution is 2.49. The lowest BCUT2D eigenvalue weighted by Crippen LogP contribution is -2.19. The molecule has 0 unspecified atom stereocenters. The molecule has 5 aromatic rings. The van der Waals surface area contributed by atoms with Crippen molar-refractivity contribution in [2.75, 3.05) is 12.4 Å². The number of hydrogen-bond acceptors (Lipinski definition) is 6. The Kier molecular flexibility index (Phi) is 6.30. The first-order valence-electron chi connectivity index (χ1n) is 12.9. The summed E-state index contributed by atoms with van der Waals surface area (Å²) in [6.07, 6.45) is 1.32. The molecule has 2 heterocycles. The Bertz CT molecular complexity index is 1720. The number of carboxylic acid groups (broad SMARTS) is 1. The van der Waals surface area contributed by atoms with Gasteiger partial charge in [-0.1, -0.05) is 65.8 Å². The Morgan fingerprint density at radius 3 is 2.35 bits per heavy atom. The van der Waals surface area contributed by atoms with Gasteiger partial charge in [-0.3, -0.25) is 4.79 Å². The molecule has 2 N–H and O–H groups in total. The molecule has 1 aliphatic rings. The van der Waals surface area contributed by atoms with Crippen molar-refractivity contribution in [2.24, 2.45) is 0 Å². The number of aliphatic carboxylic acids is 1. The quantitative estimate of drug-likeness (QED) is 0.214. The molecule has 200 valence electrons. The van der Waals surface area contributed by atoms with Crippen molar-refractivity contribution >= 4 is 17.5 Å². The molecule has 7 nitrogen and oxygen atoms in total. The van der Waals surface area contributed by atoms with Crippen LogP contribution >= 0.6 is 0 Å². The molecule has 0 aliphatic heterocycles. The van der Waals surface area contributed by atoms with Gasteiger partial charge in [-0.05, 0) is 60.7 Å². The second-order valence-corrected chi connectivity index (χ2v) is 9.84. The predicted octanol–water partition coefficient (Wildman–Crippen LogP) is 7.39. The smallest absolute Gasteiger partial charge is 0.314 e. The number of nitrogens with one attached hydrogen (secondary N) is 1. The molecule has 1 fully saturated rings. The van der Waals surface area contributed by atoms with Gasteiger partial charge in [-0.2, -0.15) is 0 Å². The highest BCUT2D eigenvalue weighted by molar-refractivity contribution is 5.89. The fraction of sp³-hybridized carbons (Fsp3) is 0.156. The number of nitrogens with zero attached hydrogens (tertiary/aromatic N) is 2. The van der Waals surface area contributed by atoms with Crippen LogP contribution in [0.5, 0.6) is 5.75 Å². The van der Waals surface area contributed by atoms with E-state index in [9.17, 15) is 14.3 Å². The monoisotopic (exact) mass is 535 g/mol. The van der Waals surface area contributed by atoms with E-state index in [1.807, 2.05) is 67.6 Å². The third-order valence-electron chi connectivity index (χ3n) is 7.39. The van der Waals surface area contributed by atoms with Crippen molar-refractivity contribution in [3.63, 3.8) is 0 Å². The molecule has 6 rings (SSSR count). The lowest BCUT2D eigenvalue weighted by atomic mass is 9.92. The van der Waals surface area contributed by atoms with Gasteiger partial charge in [-0.15, -0.1) is 0 Å².